The lowest BCUT2D eigenvalue weighted by Gasteiger charge is -2.21. The zero-order chi connectivity index (χ0) is 81.1. The number of unbranched alkanes of at least 4 members (excludes halogenated alkanes) is 64. The molecular formula is C92H180O17P2. The molecule has 0 fully saturated rings. The Kier molecular flexibility index (Phi) is 83.0. The minimum Gasteiger partial charge on any atom is -0.462 e. The molecule has 5 atom stereocenters. The second kappa shape index (κ2) is 84.5. The van der Waals surface area contributed by atoms with Crippen LogP contribution in [0, 0.1) is 5.92 Å². The molecular weight excluding hydrogens is 1440 g/mol. The van der Waals surface area contributed by atoms with Crippen LogP contribution in [0.3, 0.4) is 0 Å². The van der Waals surface area contributed by atoms with Gasteiger partial charge in [0.05, 0.1) is 26.4 Å². The van der Waals surface area contributed by atoms with Gasteiger partial charge >= 0.3 is 39.5 Å². The first-order valence-corrected chi connectivity index (χ1v) is 50.6. The number of phosphoric acid groups is 2. The minimum atomic E-state index is -4.97. The Bertz CT molecular complexity index is 2100. The highest BCUT2D eigenvalue weighted by Gasteiger charge is 2.31. The third-order valence-electron chi connectivity index (χ3n) is 21.8. The van der Waals surface area contributed by atoms with Gasteiger partial charge in [-0.25, -0.2) is 9.13 Å². The molecule has 0 aromatic rings. The lowest BCUT2D eigenvalue weighted by Crippen LogP contribution is -2.30. The number of carbonyl (C=O) groups excluding carboxylic acids is 4. The minimum absolute atomic E-state index is 0.109. The van der Waals surface area contributed by atoms with Crippen LogP contribution in [0.25, 0.3) is 0 Å². The van der Waals surface area contributed by atoms with Gasteiger partial charge in [-0.2, -0.15) is 0 Å². The molecule has 0 saturated carbocycles. The fourth-order valence-electron chi connectivity index (χ4n) is 14.5. The van der Waals surface area contributed by atoms with Crippen LogP contribution in [-0.2, 0) is 65.4 Å². The molecule has 0 saturated heterocycles. The molecule has 0 heterocycles. The summed E-state index contributed by atoms with van der Waals surface area (Å²) >= 11 is 0. The van der Waals surface area contributed by atoms with Crippen LogP contribution in [0.2, 0.25) is 0 Å². The van der Waals surface area contributed by atoms with Gasteiger partial charge < -0.3 is 33.8 Å². The third kappa shape index (κ3) is 85.8. The summed E-state index contributed by atoms with van der Waals surface area (Å²) in [6.45, 7) is 7.43. The largest absolute Gasteiger partial charge is 0.472 e. The topological polar surface area (TPSA) is 237 Å². The molecule has 0 rings (SSSR count). The van der Waals surface area contributed by atoms with Crippen molar-refractivity contribution < 1.29 is 80.2 Å². The fraction of sp³-hybridized carbons (Fsp3) is 0.957. The van der Waals surface area contributed by atoms with Crippen molar-refractivity contribution in [3.8, 4) is 0 Å². The molecule has 19 heteroatoms. The molecule has 3 N–H and O–H groups in total. The predicted octanol–water partition coefficient (Wildman–Crippen LogP) is 28.7. The van der Waals surface area contributed by atoms with Crippen molar-refractivity contribution in [2.24, 2.45) is 5.92 Å². The van der Waals surface area contributed by atoms with E-state index in [1.54, 1.807) is 0 Å². The van der Waals surface area contributed by atoms with Gasteiger partial charge in [0.1, 0.15) is 19.3 Å². The molecule has 0 radical (unpaired) electrons. The molecule has 0 bridgehead atoms. The van der Waals surface area contributed by atoms with E-state index in [9.17, 15) is 43.2 Å². The zero-order valence-corrected chi connectivity index (χ0v) is 74.9. The SMILES string of the molecule is CCCCCCCCCCCCCCCCCCCCCCC(=O)OC[C@H](COP(=O)(O)OC[C@@H](O)COP(=O)(O)OC[C@@H](COC(=O)CCCCCCCCCCCC)OC(=O)CCCCCCCCCCCCCCCCCCCCCC)OC(=O)CCCCCCCCCCCCCCCCCCCCC(C)C. The molecule has 0 spiro atoms. The Morgan fingerprint density at radius 1 is 0.243 bits per heavy atom. The lowest BCUT2D eigenvalue weighted by atomic mass is 10.0. The number of aliphatic hydroxyl groups excluding tert-OH is 1. The van der Waals surface area contributed by atoms with Crippen molar-refractivity contribution in [2.45, 2.75) is 522 Å². The molecule has 2 unspecified atom stereocenters. The van der Waals surface area contributed by atoms with Gasteiger partial charge in [-0.1, -0.05) is 452 Å². The number of hydrogen-bond acceptors (Lipinski definition) is 15. The second-order valence-electron chi connectivity index (χ2n) is 33.5. The first-order valence-electron chi connectivity index (χ1n) is 47.6. The molecule has 0 amide bonds. The highest BCUT2D eigenvalue weighted by molar-refractivity contribution is 7.47. The van der Waals surface area contributed by atoms with Gasteiger partial charge in [-0.15, -0.1) is 0 Å². The summed E-state index contributed by atoms with van der Waals surface area (Å²) in [5, 5.41) is 10.7. The van der Waals surface area contributed by atoms with Crippen molar-refractivity contribution >= 4 is 39.5 Å². The van der Waals surface area contributed by atoms with Crippen LogP contribution in [0.1, 0.15) is 503 Å². The summed E-state index contributed by atoms with van der Waals surface area (Å²) in [6, 6.07) is 0. The first kappa shape index (κ1) is 109. The highest BCUT2D eigenvalue weighted by Crippen LogP contribution is 2.45. The van der Waals surface area contributed by atoms with E-state index in [0.29, 0.717) is 25.7 Å². The fourth-order valence-corrected chi connectivity index (χ4v) is 16.1. The molecule has 0 aliphatic rings. The van der Waals surface area contributed by atoms with E-state index >= 15 is 0 Å². The summed E-state index contributed by atoms with van der Waals surface area (Å²) in [4.78, 5) is 73.4. The van der Waals surface area contributed by atoms with Crippen molar-refractivity contribution in [1.82, 2.24) is 0 Å². The summed E-state index contributed by atoms with van der Waals surface area (Å²) in [7, 11) is -9.93. The van der Waals surface area contributed by atoms with Gasteiger partial charge in [-0.3, -0.25) is 37.3 Å². The van der Waals surface area contributed by atoms with E-state index in [4.69, 9.17) is 37.0 Å². The van der Waals surface area contributed by atoms with Crippen LogP contribution < -0.4 is 0 Å². The molecule has 0 aromatic carbocycles. The number of esters is 4. The van der Waals surface area contributed by atoms with Gasteiger partial charge in [0.2, 0.25) is 0 Å². The lowest BCUT2D eigenvalue weighted by molar-refractivity contribution is -0.161. The molecule has 0 aliphatic heterocycles. The smallest absolute Gasteiger partial charge is 0.462 e. The Morgan fingerprint density at radius 2 is 0.414 bits per heavy atom. The Labute approximate surface area is 683 Å². The maximum absolute atomic E-state index is 13.2. The zero-order valence-electron chi connectivity index (χ0n) is 73.1. The number of aliphatic hydroxyl groups is 1. The standard InChI is InChI=1S/C92H180O17P2/c1-6-9-12-15-18-21-24-26-28-30-32-34-39-43-47-51-56-61-66-71-76-90(95)103-82-88(109-92(97)78-73-68-63-58-53-49-45-41-37-36-38-42-46-50-54-59-64-69-74-85(4)5)84-107-111(100,101)105-80-86(93)79-104-110(98,99)106-83-87(81-102-89(94)75-70-65-60-55-23-20-17-14-11-8-3)108-91(96)77-72-67-62-57-52-48-44-40-35-33-31-29-27-25-22-19-16-13-10-7-2/h85-88,93H,6-84H2,1-5H3,(H,98,99)(H,100,101)/t86-,87+,88+/m0/s1. The van der Waals surface area contributed by atoms with Crippen molar-refractivity contribution in [3.63, 3.8) is 0 Å². The van der Waals surface area contributed by atoms with E-state index in [1.165, 1.54) is 327 Å². The maximum atomic E-state index is 13.2. The quantitative estimate of drug-likeness (QED) is 0.0222. The normalized spacial score (nSPS) is 13.7. The number of carbonyl (C=O) groups is 4. The Balaban J connectivity index is 5.21. The van der Waals surface area contributed by atoms with Crippen molar-refractivity contribution in [1.29, 1.82) is 0 Å². The van der Waals surface area contributed by atoms with Crippen LogP contribution in [0.15, 0.2) is 0 Å². The Hall–Kier alpha value is -1.94. The Morgan fingerprint density at radius 3 is 0.613 bits per heavy atom. The molecule has 660 valence electrons. The van der Waals surface area contributed by atoms with Crippen molar-refractivity contribution in [2.75, 3.05) is 39.6 Å². The van der Waals surface area contributed by atoms with Crippen molar-refractivity contribution in [3.05, 3.63) is 0 Å². The second-order valence-corrected chi connectivity index (χ2v) is 36.4. The van der Waals surface area contributed by atoms with Gasteiger partial charge in [0.25, 0.3) is 0 Å². The number of hydrogen-bond donors (Lipinski definition) is 3. The number of ether oxygens (including phenoxy) is 4. The van der Waals surface area contributed by atoms with Crippen LogP contribution >= 0.6 is 15.6 Å². The molecule has 0 aliphatic carbocycles. The van der Waals surface area contributed by atoms with Gasteiger partial charge in [0.15, 0.2) is 12.2 Å². The van der Waals surface area contributed by atoms with Crippen LogP contribution in [0.5, 0.6) is 0 Å². The third-order valence-corrected chi connectivity index (χ3v) is 23.7. The van der Waals surface area contributed by atoms with Crippen LogP contribution in [0.4, 0.5) is 0 Å². The van der Waals surface area contributed by atoms with Crippen LogP contribution in [-0.4, -0.2) is 96.7 Å². The number of phosphoric ester groups is 2. The monoisotopic (exact) mass is 1620 g/mol. The maximum Gasteiger partial charge on any atom is 0.472 e. The average Bonchev–Trinajstić information content (AvgIpc) is 0.898. The summed E-state index contributed by atoms with van der Waals surface area (Å²) in [5.41, 5.74) is 0. The van der Waals surface area contributed by atoms with E-state index in [0.717, 1.165) is 95.8 Å². The van der Waals surface area contributed by atoms with E-state index < -0.39 is 97.5 Å². The molecule has 111 heavy (non-hydrogen) atoms. The van der Waals surface area contributed by atoms with E-state index in [1.807, 2.05) is 0 Å². The molecule has 0 aromatic heterocycles. The van der Waals surface area contributed by atoms with Gasteiger partial charge in [0, 0.05) is 25.7 Å². The first-order chi connectivity index (χ1) is 54.0. The van der Waals surface area contributed by atoms with E-state index in [-0.39, 0.29) is 25.7 Å². The summed E-state index contributed by atoms with van der Waals surface area (Å²) < 4.78 is 69.1. The molecule has 17 nitrogen and oxygen atoms in total. The van der Waals surface area contributed by atoms with E-state index in [2.05, 4.69) is 34.6 Å². The summed E-state index contributed by atoms with van der Waals surface area (Å²) in [5.74, 6) is -1.27. The predicted molar refractivity (Wildman–Crippen MR) is 460 cm³/mol. The summed E-state index contributed by atoms with van der Waals surface area (Å²) in [6.07, 6.45) is 80.7. The number of rotatable bonds is 92. The highest BCUT2D eigenvalue weighted by atomic mass is 31.2. The average molecular weight is 1620 g/mol. The van der Waals surface area contributed by atoms with Gasteiger partial charge in [-0.05, 0) is 31.6 Å².